The van der Waals surface area contributed by atoms with E-state index in [2.05, 4.69) is 0 Å². The van der Waals surface area contributed by atoms with Crippen LogP contribution in [-0.2, 0) is 4.79 Å². The van der Waals surface area contributed by atoms with Gasteiger partial charge in [0, 0.05) is 0 Å². The number of piperidine rings is 1. The molecule has 0 radical (unpaired) electrons. The molecule has 0 saturated carbocycles. The van der Waals surface area contributed by atoms with Crippen LogP contribution in [0.5, 0.6) is 0 Å². The molecule has 2 rings (SSSR count). The van der Waals surface area contributed by atoms with Crippen LogP contribution >= 0.6 is 0 Å². The SMILES string of the molecule is CN1CC[C@H](c2ccc(F)cc2)C[C@H]1C(=O)O. The quantitative estimate of drug-likeness (QED) is 0.856. The highest BCUT2D eigenvalue weighted by molar-refractivity contribution is 5.73. The molecule has 1 saturated heterocycles. The molecular formula is C13H16FNO2. The van der Waals surface area contributed by atoms with E-state index in [0.717, 1.165) is 18.5 Å². The van der Waals surface area contributed by atoms with Gasteiger partial charge in [0.1, 0.15) is 11.9 Å². The van der Waals surface area contributed by atoms with Gasteiger partial charge in [-0.3, -0.25) is 9.69 Å². The maximum absolute atomic E-state index is 12.8. The Labute approximate surface area is 99.9 Å². The summed E-state index contributed by atoms with van der Waals surface area (Å²) in [7, 11) is 1.83. The monoisotopic (exact) mass is 237 g/mol. The van der Waals surface area contributed by atoms with Gasteiger partial charge in [-0.15, -0.1) is 0 Å². The Morgan fingerprint density at radius 1 is 1.41 bits per heavy atom. The lowest BCUT2D eigenvalue weighted by atomic mass is 9.85. The zero-order valence-corrected chi connectivity index (χ0v) is 9.77. The Hall–Kier alpha value is -1.42. The first-order valence-electron chi connectivity index (χ1n) is 5.76. The van der Waals surface area contributed by atoms with Crippen molar-refractivity contribution in [3.8, 4) is 0 Å². The fourth-order valence-corrected chi connectivity index (χ4v) is 2.41. The summed E-state index contributed by atoms with van der Waals surface area (Å²) in [4.78, 5) is 13.0. The van der Waals surface area contributed by atoms with Crippen LogP contribution in [0.25, 0.3) is 0 Å². The molecular weight excluding hydrogens is 221 g/mol. The number of likely N-dealkylation sites (N-methyl/N-ethyl adjacent to an activating group) is 1. The van der Waals surface area contributed by atoms with Crippen LogP contribution in [0.3, 0.4) is 0 Å². The summed E-state index contributed by atoms with van der Waals surface area (Å²) in [5.41, 5.74) is 1.03. The summed E-state index contributed by atoms with van der Waals surface area (Å²) in [5, 5.41) is 9.12. The van der Waals surface area contributed by atoms with Gasteiger partial charge in [-0.05, 0) is 50.0 Å². The van der Waals surface area contributed by atoms with Crippen molar-refractivity contribution in [1.29, 1.82) is 0 Å². The second-order valence-electron chi connectivity index (χ2n) is 4.61. The van der Waals surface area contributed by atoms with Crippen LogP contribution in [0.1, 0.15) is 24.3 Å². The summed E-state index contributed by atoms with van der Waals surface area (Å²) in [6.45, 7) is 0.763. The third-order valence-corrected chi connectivity index (χ3v) is 3.50. The number of benzene rings is 1. The largest absolute Gasteiger partial charge is 0.480 e. The molecule has 1 aromatic carbocycles. The first-order valence-corrected chi connectivity index (χ1v) is 5.76. The molecule has 3 nitrogen and oxygen atoms in total. The van der Waals surface area contributed by atoms with Crippen LogP contribution < -0.4 is 0 Å². The van der Waals surface area contributed by atoms with Crippen molar-refractivity contribution in [2.75, 3.05) is 13.6 Å². The minimum absolute atomic E-state index is 0.216. The van der Waals surface area contributed by atoms with Crippen molar-refractivity contribution < 1.29 is 14.3 Å². The number of rotatable bonds is 2. The van der Waals surface area contributed by atoms with Crippen molar-refractivity contribution in [2.45, 2.75) is 24.8 Å². The second-order valence-corrected chi connectivity index (χ2v) is 4.61. The normalized spacial score (nSPS) is 25.8. The first kappa shape index (κ1) is 12.0. The number of carboxylic acids is 1. The van der Waals surface area contributed by atoms with E-state index in [9.17, 15) is 9.18 Å². The molecule has 92 valence electrons. The second kappa shape index (κ2) is 4.84. The van der Waals surface area contributed by atoms with E-state index < -0.39 is 12.0 Å². The highest BCUT2D eigenvalue weighted by Crippen LogP contribution is 2.31. The van der Waals surface area contributed by atoms with E-state index in [0.29, 0.717) is 6.42 Å². The number of likely N-dealkylation sites (tertiary alicyclic amines) is 1. The van der Waals surface area contributed by atoms with Gasteiger partial charge in [-0.2, -0.15) is 0 Å². The lowest BCUT2D eigenvalue weighted by molar-refractivity contribution is -0.144. The minimum Gasteiger partial charge on any atom is -0.480 e. The van der Waals surface area contributed by atoms with Crippen molar-refractivity contribution in [1.82, 2.24) is 4.90 Å². The molecule has 0 unspecified atom stereocenters. The highest BCUT2D eigenvalue weighted by atomic mass is 19.1. The lowest BCUT2D eigenvalue weighted by Gasteiger charge is -2.34. The predicted molar refractivity (Wildman–Crippen MR) is 62.4 cm³/mol. The van der Waals surface area contributed by atoms with E-state index in [1.54, 1.807) is 12.1 Å². The Morgan fingerprint density at radius 2 is 2.06 bits per heavy atom. The molecule has 0 aromatic heterocycles. The number of hydrogen-bond donors (Lipinski definition) is 1. The molecule has 1 aromatic rings. The molecule has 1 aliphatic rings. The van der Waals surface area contributed by atoms with Gasteiger partial charge >= 0.3 is 5.97 Å². The number of carboxylic acid groups (broad SMARTS) is 1. The van der Waals surface area contributed by atoms with Gasteiger partial charge in [0.15, 0.2) is 0 Å². The van der Waals surface area contributed by atoms with Gasteiger partial charge < -0.3 is 5.11 Å². The third kappa shape index (κ3) is 2.64. The summed E-state index contributed by atoms with van der Waals surface area (Å²) >= 11 is 0. The molecule has 0 amide bonds. The predicted octanol–water partition coefficient (Wildman–Crippen LogP) is 2.09. The molecule has 1 aliphatic heterocycles. The molecule has 2 atom stereocenters. The standard InChI is InChI=1S/C13H16FNO2/c1-15-7-6-10(8-12(15)13(16)17)9-2-4-11(14)5-3-9/h2-5,10,12H,6-8H2,1H3,(H,16,17)/t10-,12-/m0/s1. The summed E-state index contributed by atoms with van der Waals surface area (Å²) in [6, 6.07) is 5.94. The fourth-order valence-electron chi connectivity index (χ4n) is 2.41. The van der Waals surface area contributed by atoms with Crippen molar-refractivity contribution in [3.05, 3.63) is 35.6 Å². The zero-order chi connectivity index (χ0) is 12.4. The molecule has 0 spiro atoms. The Bertz CT molecular complexity index is 404. The van der Waals surface area contributed by atoms with Gasteiger partial charge in [-0.25, -0.2) is 4.39 Å². The zero-order valence-electron chi connectivity index (χ0n) is 9.77. The average Bonchev–Trinajstić information content (AvgIpc) is 2.30. The summed E-state index contributed by atoms with van der Waals surface area (Å²) in [5.74, 6) is -0.816. The minimum atomic E-state index is -0.778. The van der Waals surface area contributed by atoms with Gasteiger partial charge in [0.05, 0.1) is 0 Å². The van der Waals surface area contributed by atoms with Crippen LogP contribution in [-0.4, -0.2) is 35.6 Å². The molecule has 1 heterocycles. The number of halogens is 1. The first-order chi connectivity index (χ1) is 8.08. The number of nitrogens with zero attached hydrogens (tertiary/aromatic N) is 1. The molecule has 4 heteroatoms. The van der Waals surface area contributed by atoms with Crippen LogP contribution in [0, 0.1) is 5.82 Å². The van der Waals surface area contributed by atoms with Crippen LogP contribution in [0.4, 0.5) is 4.39 Å². The third-order valence-electron chi connectivity index (χ3n) is 3.50. The van der Waals surface area contributed by atoms with Crippen LogP contribution in [0.15, 0.2) is 24.3 Å². The molecule has 1 N–H and O–H groups in total. The van der Waals surface area contributed by atoms with Crippen molar-refractivity contribution in [3.63, 3.8) is 0 Å². The van der Waals surface area contributed by atoms with Gasteiger partial charge in [0.2, 0.25) is 0 Å². The molecule has 0 aliphatic carbocycles. The molecule has 0 bridgehead atoms. The smallest absolute Gasteiger partial charge is 0.320 e. The van der Waals surface area contributed by atoms with Crippen LogP contribution in [0.2, 0.25) is 0 Å². The number of carbonyl (C=O) groups is 1. The Kier molecular flexibility index (Phi) is 3.43. The van der Waals surface area contributed by atoms with E-state index >= 15 is 0 Å². The fraction of sp³-hybridized carbons (Fsp3) is 0.462. The highest BCUT2D eigenvalue weighted by Gasteiger charge is 2.31. The van der Waals surface area contributed by atoms with E-state index in [-0.39, 0.29) is 11.7 Å². The van der Waals surface area contributed by atoms with E-state index in [1.807, 2.05) is 11.9 Å². The maximum Gasteiger partial charge on any atom is 0.320 e. The lowest BCUT2D eigenvalue weighted by Crippen LogP contribution is -2.44. The van der Waals surface area contributed by atoms with E-state index in [1.165, 1.54) is 12.1 Å². The Balaban J connectivity index is 2.13. The summed E-state index contributed by atoms with van der Waals surface area (Å²) < 4.78 is 12.8. The van der Waals surface area contributed by atoms with Gasteiger partial charge in [-0.1, -0.05) is 12.1 Å². The Morgan fingerprint density at radius 3 is 2.65 bits per heavy atom. The van der Waals surface area contributed by atoms with Gasteiger partial charge in [0.25, 0.3) is 0 Å². The summed E-state index contributed by atoms with van der Waals surface area (Å²) in [6.07, 6.45) is 1.52. The van der Waals surface area contributed by atoms with Crippen molar-refractivity contribution in [2.24, 2.45) is 0 Å². The van der Waals surface area contributed by atoms with Crippen molar-refractivity contribution >= 4 is 5.97 Å². The van der Waals surface area contributed by atoms with E-state index in [4.69, 9.17) is 5.11 Å². The maximum atomic E-state index is 12.8. The molecule has 1 fully saturated rings. The number of aliphatic carboxylic acids is 1. The topological polar surface area (TPSA) is 40.5 Å². The molecule has 17 heavy (non-hydrogen) atoms. The number of hydrogen-bond acceptors (Lipinski definition) is 2. The average molecular weight is 237 g/mol.